The Balaban J connectivity index is 2.04. The lowest BCUT2D eigenvalue weighted by Crippen LogP contribution is -2.43. The Morgan fingerprint density at radius 2 is 1.95 bits per heavy atom. The Morgan fingerprint density at radius 1 is 1.20 bits per heavy atom. The summed E-state index contributed by atoms with van der Waals surface area (Å²) in [5.74, 6) is -0.984. The van der Waals surface area contributed by atoms with Crippen LogP contribution in [0.3, 0.4) is 0 Å². The summed E-state index contributed by atoms with van der Waals surface area (Å²) in [6, 6.07) is 2.61. The largest absolute Gasteiger partial charge is 0.331 e. The summed E-state index contributed by atoms with van der Waals surface area (Å²) < 4.78 is 27.5. The number of benzene rings is 1. The van der Waals surface area contributed by atoms with Crippen molar-refractivity contribution in [1.29, 1.82) is 0 Å². The minimum atomic E-state index is -0.548. The highest BCUT2D eigenvalue weighted by Gasteiger charge is 2.42. The van der Waals surface area contributed by atoms with Gasteiger partial charge in [-0.15, -0.1) is 0 Å². The first kappa shape index (κ1) is 13.5. The van der Waals surface area contributed by atoms with Crippen LogP contribution in [0.5, 0.6) is 0 Å². The number of nitrogens with two attached hydrogens (primary N) is 1. The molecule has 0 bridgehead atoms. The predicted molar refractivity (Wildman–Crippen MR) is 70.8 cm³/mol. The van der Waals surface area contributed by atoms with Crippen molar-refractivity contribution in [3.63, 3.8) is 0 Å². The van der Waals surface area contributed by atoms with E-state index in [4.69, 9.17) is 5.73 Å². The van der Waals surface area contributed by atoms with Gasteiger partial charge in [-0.2, -0.15) is 0 Å². The molecule has 1 aromatic carbocycles. The molecule has 1 aromatic rings. The maximum absolute atomic E-state index is 14.1. The van der Waals surface area contributed by atoms with Gasteiger partial charge in [-0.25, -0.2) is 8.78 Å². The number of halogens is 2. The summed E-state index contributed by atoms with van der Waals surface area (Å²) in [6.07, 6.45) is 3.64. The molecule has 108 valence electrons. The van der Waals surface area contributed by atoms with Crippen molar-refractivity contribution in [2.24, 2.45) is 5.73 Å². The number of nitrogens with zero attached hydrogens (tertiary/aromatic N) is 1. The summed E-state index contributed by atoms with van der Waals surface area (Å²) >= 11 is 0. The van der Waals surface area contributed by atoms with Gasteiger partial charge in [0.25, 0.3) is 0 Å². The van der Waals surface area contributed by atoms with Gasteiger partial charge in [0, 0.05) is 24.1 Å². The van der Waals surface area contributed by atoms with Crippen LogP contribution in [0.15, 0.2) is 18.2 Å². The molecule has 1 amide bonds. The number of hydrogen-bond acceptors (Lipinski definition) is 2. The van der Waals surface area contributed by atoms with Crippen molar-refractivity contribution in [3.8, 4) is 0 Å². The molecule has 1 aliphatic heterocycles. The Morgan fingerprint density at radius 3 is 2.65 bits per heavy atom. The maximum Gasteiger partial charge on any atom is 0.223 e. The smallest absolute Gasteiger partial charge is 0.223 e. The fourth-order valence-corrected chi connectivity index (χ4v) is 3.04. The van der Waals surface area contributed by atoms with Crippen LogP contribution in [-0.2, 0) is 4.79 Å². The lowest BCUT2D eigenvalue weighted by Gasteiger charge is -2.34. The van der Waals surface area contributed by atoms with Crippen LogP contribution >= 0.6 is 0 Å². The van der Waals surface area contributed by atoms with Gasteiger partial charge in [-0.3, -0.25) is 4.79 Å². The van der Waals surface area contributed by atoms with E-state index >= 15 is 0 Å². The van der Waals surface area contributed by atoms with Crippen LogP contribution in [0.2, 0.25) is 0 Å². The Labute approximate surface area is 116 Å². The van der Waals surface area contributed by atoms with E-state index in [1.165, 1.54) is 6.07 Å². The van der Waals surface area contributed by atoms with Crippen LogP contribution in [-0.4, -0.2) is 22.9 Å². The van der Waals surface area contributed by atoms with Gasteiger partial charge in [0.2, 0.25) is 5.91 Å². The summed E-state index contributed by atoms with van der Waals surface area (Å²) in [5, 5.41) is 0. The summed E-state index contributed by atoms with van der Waals surface area (Å²) in [7, 11) is 0. The van der Waals surface area contributed by atoms with Gasteiger partial charge in [-0.05, 0) is 43.9 Å². The van der Waals surface area contributed by atoms with Gasteiger partial charge in [0.15, 0.2) is 0 Å². The topological polar surface area (TPSA) is 46.3 Å². The van der Waals surface area contributed by atoms with Crippen molar-refractivity contribution in [2.75, 3.05) is 0 Å². The zero-order valence-electron chi connectivity index (χ0n) is 11.2. The third kappa shape index (κ3) is 2.42. The minimum Gasteiger partial charge on any atom is -0.331 e. The highest BCUT2D eigenvalue weighted by molar-refractivity contribution is 5.78. The Kier molecular flexibility index (Phi) is 3.46. The van der Waals surface area contributed by atoms with Crippen molar-refractivity contribution in [1.82, 2.24) is 4.90 Å². The number of likely N-dealkylation sites (tertiary alicyclic amines) is 1. The fraction of sp³-hybridized carbons (Fsp3) is 0.533. The quantitative estimate of drug-likeness (QED) is 0.904. The Hall–Kier alpha value is -1.49. The molecule has 1 saturated heterocycles. The number of hydrogen-bond donors (Lipinski definition) is 1. The number of amides is 1. The maximum atomic E-state index is 14.1. The highest BCUT2D eigenvalue weighted by Crippen LogP contribution is 2.40. The molecule has 3 nitrogen and oxygen atoms in total. The van der Waals surface area contributed by atoms with Gasteiger partial charge < -0.3 is 10.6 Å². The van der Waals surface area contributed by atoms with E-state index < -0.39 is 17.7 Å². The predicted octanol–water partition coefficient (Wildman–Crippen LogP) is 2.51. The fourth-order valence-electron chi connectivity index (χ4n) is 3.04. The second-order valence-electron chi connectivity index (χ2n) is 5.70. The molecule has 1 aliphatic carbocycles. The van der Waals surface area contributed by atoms with Gasteiger partial charge >= 0.3 is 0 Å². The molecule has 0 radical (unpaired) electrons. The average molecular weight is 280 g/mol. The van der Waals surface area contributed by atoms with E-state index in [0.29, 0.717) is 19.3 Å². The molecule has 0 aromatic heterocycles. The van der Waals surface area contributed by atoms with E-state index in [1.54, 1.807) is 4.90 Å². The third-order valence-corrected chi connectivity index (χ3v) is 4.14. The summed E-state index contributed by atoms with van der Waals surface area (Å²) in [6.45, 7) is 0. The Bertz CT molecular complexity index is 531. The molecule has 2 aliphatic rings. The van der Waals surface area contributed by atoms with E-state index in [-0.39, 0.29) is 23.6 Å². The zero-order chi connectivity index (χ0) is 14.3. The molecule has 0 spiro atoms. The standard InChI is InChI=1S/C15H18F2N2O/c16-9-4-7-12(17)11(8-9)15-13(18)2-1-3-14(20)19(15)10-5-6-10/h4,7-8,10,13,15H,1-3,5-6,18H2. The van der Waals surface area contributed by atoms with Gasteiger partial charge in [0.1, 0.15) is 11.6 Å². The number of rotatable bonds is 2. The molecule has 3 rings (SSSR count). The van der Waals surface area contributed by atoms with Crippen LogP contribution in [0.4, 0.5) is 8.78 Å². The molecule has 2 atom stereocenters. The minimum absolute atomic E-state index is 0.00844. The van der Waals surface area contributed by atoms with Crippen LogP contribution in [0.1, 0.15) is 43.7 Å². The van der Waals surface area contributed by atoms with E-state index in [2.05, 4.69) is 0 Å². The second-order valence-corrected chi connectivity index (χ2v) is 5.70. The lowest BCUT2D eigenvalue weighted by molar-refractivity contribution is -0.134. The summed E-state index contributed by atoms with van der Waals surface area (Å²) in [5.41, 5.74) is 6.37. The van der Waals surface area contributed by atoms with Crippen LogP contribution in [0.25, 0.3) is 0 Å². The van der Waals surface area contributed by atoms with Crippen molar-refractivity contribution in [2.45, 2.75) is 50.2 Å². The van der Waals surface area contributed by atoms with E-state index in [1.807, 2.05) is 0 Å². The van der Waals surface area contributed by atoms with Gasteiger partial charge in [0.05, 0.1) is 6.04 Å². The second kappa shape index (κ2) is 5.13. The third-order valence-electron chi connectivity index (χ3n) is 4.14. The van der Waals surface area contributed by atoms with E-state index in [9.17, 15) is 13.6 Å². The monoisotopic (exact) mass is 280 g/mol. The first-order valence-corrected chi connectivity index (χ1v) is 7.09. The lowest BCUT2D eigenvalue weighted by atomic mass is 9.95. The van der Waals surface area contributed by atoms with Crippen molar-refractivity contribution < 1.29 is 13.6 Å². The van der Waals surface area contributed by atoms with E-state index in [0.717, 1.165) is 25.0 Å². The van der Waals surface area contributed by atoms with Crippen LogP contribution < -0.4 is 5.73 Å². The molecule has 1 heterocycles. The first-order valence-electron chi connectivity index (χ1n) is 7.09. The first-order chi connectivity index (χ1) is 9.58. The van der Waals surface area contributed by atoms with Crippen molar-refractivity contribution in [3.05, 3.63) is 35.4 Å². The van der Waals surface area contributed by atoms with Gasteiger partial charge in [-0.1, -0.05) is 0 Å². The molecule has 20 heavy (non-hydrogen) atoms. The normalized spacial score (nSPS) is 27.6. The summed E-state index contributed by atoms with van der Waals surface area (Å²) in [4.78, 5) is 14.0. The molecule has 2 unspecified atom stereocenters. The van der Waals surface area contributed by atoms with Crippen LogP contribution in [0, 0.1) is 11.6 Å². The molecule has 1 saturated carbocycles. The number of carbonyl (C=O) groups is 1. The highest BCUT2D eigenvalue weighted by atomic mass is 19.1. The number of carbonyl (C=O) groups excluding carboxylic acids is 1. The molecular weight excluding hydrogens is 262 g/mol. The molecule has 2 fully saturated rings. The molecular formula is C15H18F2N2O. The SMILES string of the molecule is NC1CCCC(=O)N(C2CC2)C1c1cc(F)ccc1F. The van der Waals surface area contributed by atoms with Crippen molar-refractivity contribution >= 4 is 5.91 Å². The molecule has 5 heteroatoms. The molecule has 2 N–H and O–H groups in total. The average Bonchev–Trinajstić information content (AvgIpc) is 3.22. The zero-order valence-corrected chi connectivity index (χ0v) is 11.2.